The van der Waals surface area contributed by atoms with Crippen LogP contribution in [0, 0.1) is 0 Å². The molecule has 1 aromatic heterocycles. The van der Waals surface area contributed by atoms with Gasteiger partial charge in [-0.2, -0.15) is 0 Å². The van der Waals surface area contributed by atoms with Crippen LogP contribution in [0.5, 0.6) is 5.88 Å². The Hall–Kier alpha value is -1.78. The summed E-state index contributed by atoms with van der Waals surface area (Å²) >= 11 is 0. The fraction of sp³-hybridized carbons (Fsp3) is 0.250. The molecule has 2 N–H and O–H groups in total. The van der Waals surface area contributed by atoms with Gasteiger partial charge in [0.1, 0.15) is 6.61 Å². The maximum absolute atomic E-state index is 10.6. The first-order chi connectivity index (χ1) is 6.27. The van der Waals surface area contributed by atoms with Gasteiger partial charge in [-0.25, -0.2) is 9.78 Å². The molecule has 0 bridgehead atoms. The van der Waals surface area contributed by atoms with Crippen molar-refractivity contribution in [3.05, 3.63) is 18.3 Å². The van der Waals surface area contributed by atoms with Crippen LogP contribution in [-0.2, 0) is 4.79 Å². The minimum absolute atomic E-state index is 0.110. The van der Waals surface area contributed by atoms with E-state index >= 15 is 0 Å². The number of hydrogen-bond donors (Lipinski definition) is 2. The van der Waals surface area contributed by atoms with Crippen molar-refractivity contribution in [1.82, 2.24) is 4.98 Å². The number of nitrogens with zero attached hydrogens (tertiary/aromatic N) is 1. The van der Waals surface area contributed by atoms with Crippen molar-refractivity contribution in [2.24, 2.45) is 0 Å². The second kappa shape index (κ2) is 2.93. The summed E-state index contributed by atoms with van der Waals surface area (Å²) in [4.78, 5) is 14.5. The number of pyridine rings is 1. The number of nitrogens with one attached hydrogen (secondary N) is 1. The molecule has 1 aliphatic rings. The molecule has 0 fully saturated rings. The molecule has 1 atom stereocenters. The summed E-state index contributed by atoms with van der Waals surface area (Å²) in [6.45, 7) is 0.110. The van der Waals surface area contributed by atoms with E-state index in [9.17, 15) is 4.79 Å². The van der Waals surface area contributed by atoms with Crippen LogP contribution in [0.4, 0.5) is 5.69 Å². The topological polar surface area (TPSA) is 71.5 Å². The molecule has 5 nitrogen and oxygen atoms in total. The Morgan fingerprint density at radius 1 is 1.77 bits per heavy atom. The molecule has 13 heavy (non-hydrogen) atoms. The average Bonchev–Trinajstić information content (AvgIpc) is 2.17. The van der Waals surface area contributed by atoms with E-state index in [1.807, 2.05) is 0 Å². The van der Waals surface area contributed by atoms with E-state index in [-0.39, 0.29) is 6.61 Å². The minimum atomic E-state index is -0.922. The van der Waals surface area contributed by atoms with Crippen molar-refractivity contribution in [3.8, 4) is 5.88 Å². The van der Waals surface area contributed by atoms with Gasteiger partial charge in [-0.15, -0.1) is 0 Å². The fourth-order valence-corrected chi connectivity index (χ4v) is 1.14. The minimum Gasteiger partial charge on any atom is -0.480 e. The fourth-order valence-electron chi connectivity index (χ4n) is 1.14. The lowest BCUT2D eigenvalue weighted by atomic mass is 10.2. The molecular formula is C8H8N2O3. The number of ether oxygens (including phenoxy) is 1. The van der Waals surface area contributed by atoms with Crippen molar-refractivity contribution < 1.29 is 14.6 Å². The standard InChI is InChI=1S/C8H8N2O3/c11-8(12)6-4-13-7-5(10-6)2-1-3-9-7/h1-3,6,10H,4H2,(H,11,12). The largest absolute Gasteiger partial charge is 0.480 e. The molecule has 0 aliphatic carbocycles. The average molecular weight is 180 g/mol. The van der Waals surface area contributed by atoms with E-state index in [1.165, 1.54) is 0 Å². The zero-order valence-corrected chi connectivity index (χ0v) is 6.73. The summed E-state index contributed by atoms with van der Waals surface area (Å²) in [7, 11) is 0. The van der Waals surface area contributed by atoms with Crippen LogP contribution in [-0.4, -0.2) is 28.7 Å². The second-order valence-corrected chi connectivity index (χ2v) is 2.70. The van der Waals surface area contributed by atoms with Gasteiger partial charge < -0.3 is 15.2 Å². The number of carboxylic acid groups (broad SMARTS) is 1. The number of rotatable bonds is 1. The zero-order chi connectivity index (χ0) is 9.26. The Morgan fingerprint density at radius 2 is 2.62 bits per heavy atom. The van der Waals surface area contributed by atoms with Gasteiger partial charge >= 0.3 is 5.97 Å². The predicted octanol–water partition coefficient (Wildman–Crippen LogP) is 0.339. The van der Waals surface area contributed by atoms with Crippen LogP contribution in [0.2, 0.25) is 0 Å². The molecule has 1 aliphatic heterocycles. The number of aromatic nitrogens is 1. The van der Waals surface area contributed by atoms with Crippen molar-refractivity contribution in [1.29, 1.82) is 0 Å². The summed E-state index contributed by atoms with van der Waals surface area (Å²) in [5.41, 5.74) is 0.626. The molecule has 0 radical (unpaired) electrons. The van der Waals surface area contributed by atoms with Crippen LogP contribution in [0.25, 0.3) is 0 Å². The van der Waals surface area contributed by atoms with Crippen LogP contribution in [0.15, 0.2) is 18.3 Å². The Kier molecular flexibility index (Phi) is 1.77. The molecular weight excluding hydrogens is 172 g/mol. The van der Waals surface area contributed by atoms with Gasteiger partial charge in [-0.05, 0) is 12.1 Å². The molecule has 0 saturated heterocycles. The van der Waals surface area contributed by atoms with Gasteiger partial charge in [0.05, 0.1) is 5.69 Å². The lowest BCUT2D eigenvalue weighted by Crippen LogP contribution is -2.38. The van der Waals surface area contributed by atoms with Crippen molar-refractivity contribution in [3.63, 3.8) is 0 Å². The molecule has 0 amide bonds. The lowest BCUT2D eigenvalue weighted by Gasteiger charge is -2.23. The Balaban J connectivity index is 2.24. The Bertz CT molecular complexity index is 340. The Labute approximate surface area is 74.4 Å². The maximum Gasteiger partial charge on any atom is 0.329 e. The number of fused-ring (bicyclic) bond motifs is 1. The summed E-state index contributed by atoms with van der Waals surface area (Å²) < 4.78 is 5.14. The number of carboxylic acids is 1. The van der Waals surface area contributed by atoms with Crippen LogP contribution in [0.1, 0.15) is 0 Å². The maximum atomic E-state index is 10.6. The van der Waals surface area contributed by atoms with Gasteiger partial charge in [0.2, 0.25) is 5.88 Å². The van der Waals surface area contributed by atoms with Crippen LogP contribution >= 0.6 is 0 Å². The quantitative estimate of drug-likeness (QED) is 0.652. The van der Waals surface area contributed by atoms with Gasteiger partial charge in [0.25, 0.3) is 0 Å². The normalized spacial score (nSPS) is 19.5. The van der Waals surface area contributed by atoms with Gasteiger partial charge in [-0.3, -0.25) is 0 Å². The molecule has 0 spiro atoms. The zero-order valence-electron chi connectivity index (χ0n) is 6.73. The van der Waals surface area contributed by atoms with Crippen LogP contribution in [0.3, 0.4) is 0 Å². The molecule has 0 saturated carbocycles. The highest BCUT2D eigenvalue weighted by atomic mass is 16.5. The molecule has 2 rings (SSSR count). The number of aliphatic carboxylic acids is 1. The third kappa shape index (κ3) is 1.40. The van der Waals surface area contributed by atoms with Crippen molar-refractivity contribution in [2.45, 2.75) is 6.04 Å². The summed E-state index contributed by atoms with van der Waals surface area (Å²) in [6, 6.07) is 2.77. The first-order valence-corrected chi connectivity index (χ1v) is 3.84. The smallest absolute Gasteiger partial charge is 0.329 e. The number of hydrogen-bond acceptors (Lipinski definition) is 4. The van der Waals surface area contributed by atoms with Crippen molar-refractivity contribution in [2.75, 3.05) is 11.9 Å². The predicted molar refractivity (Wildman–Crippen MR) is 44.8 cm³/mol. The summed E-state index contributed by atoms with van der Waals surface area (Å²) in [5, 5.41) is 11.5. The van der Waals surface area contributed by atoms with Gasteiger partial charge in [-0.1, -0.05) is 0 Å². The number of carbonyl (C=O) groups is 1. The molecule has 2 heterocycles. The van der Waals surface area contributed by atoms with E-state index in [2.05, 4.69) is 10.3 Å². The Morgan fingerprint density at radius 3 is 3.38 bits per heavy atom. The molecule has 1 unspecified atom stereocenters. The molecule has 0 aromatic carbocycles. The van der Waals surface area contributed by atoms with E-state index in [0.717, 1.165) is 0 Å². The van der Waals surface area contributed by atoms with E-state index < -0.39 is 12.0 Å². The first kappa shape index (κ1) is 7.85. The van der Waals surface area contributed by atoms with Crippen molar-refractivity contribution >= 4 is 11.7 Å². The molecule has 5 heteroatoms. The van der Waals surface area contributed by atoms with E-state index in [1.54, 1.807) is 18.3 Å². The highest BCUT2D eigenvalue weighted by molar-refractivity contribution is 5.79. The van der Waals surface area contributed by atoms with E-state index in [0.29, 0.717) is 11.6 Å². The molecule has 68 valence electrons. The van der Waals surface area contributed by atoms with Gasteiger partial charge in [0.15, 0.2) is 6.04 Å². The summed E-state index contributed by atoms with van der Waals surface area (Å²) in [6.07, 6.45) is 1.60. The highest BCUT2D eigenvalue weighted by Gasteiger charge is 2.24. The lowest BCUT2D eigenvalue weighted by molar-refractivity contribution is -0.138. The SMILES string of the molecule is O=C(O)C1COc2ncccc2N1. The third-order valence-electron chi connectivity index (χ3n) is 1.79. The third-order valence-corrected chi connectivity index (χ3v) is 1.79. The monoisotopic (exact) mass is 180 g/mol. The van der Waals surface area contributed by atoms with E-state index in [4.69, 9.17) is 9.84 Å². The second-order valence-electron chi connectivity index (χ2n) is 2.70. The van der Waals surface area contributed by atoms with Gasteiger partial charge in [0, 0.05) is 6.20 Å². The van der Waals surface area contributed by atoms with Crippen LogP contribution < -0.4 is 10.1 Å². The molecule has 1 aromatic rings. The highest BCUT2D eigenvalue weighted by Crippen LogP contribution is 2.24. The first-order valence-electron chi connectivity index (χ1n) is 3.84. The summed E-state index contributed by atoms with van der Waals surface area (Å²) in [5.74, 6) is -0.463. The number of anilines is 1.